The lowest BCUT2D eigenvalue weighted by molar-refractivity contribution is -0.124. The van der Waals surface area contributed by atoms with Gasteiger partial charge >= 0.3 is 0 Å². The smallest absolute Gasteiger partial charge is 0.153 e. The van der Waals surface area contributed by atoms with Crippen LogP contribution in [0.4, 0.5) is 5.82 Å². The van der Waals surface area contributed by atoms with E-state index in [1.807, 2.05) is 28.8 Å². The van der Waals surface area contributed by atoms with Gasteiger partial charge in [0.05, 0.1) is 44.7 Å². The van der Waals surface area contributed by atoms with Gasteiger partial charge in [-0.3, -0.25) is 4.79 Å². The Balaban J connectivity index is 1.21. The van der Waals surface area contributed by atoms with Crippen LogP contribution in [-0.4, -0.2) is 77.6 Å². The van der Waals surface area contributed by atoms with Crippen LogP contribution in [0.2, 0.25) is 0 Å². The summed E-state index contributed by atoms with van der Waals surface area (Å²) in [5, 5.41) is 5.54. The molecule has 4 aromatic rings. The van der Waals surface area contributed by atoms with E-state index in [1.165, 1.54) is 6.33 Å². The Morgan fingerprint density at radius 1 is 1.07 bits per heavy atom. The zero-order valence-corrected chi connectivity index (χ0v) is 23.2. The van der Waals surface area contributed by atoms with E-state index in [1.54, 1.807) is 14.2 Å². The number of nitrogens with zero attached hydrogens (tertiary/aromatic N) is 4. The minimum atomic E-state index is 0.0835. The van der Waals surface area contributed by atoms with Crippen LogP contribution in [0.15, 0.2) is 30.6 Å². The number of carbonyl (C=O) groups excluding carboxylic acids is 1. The number of H-pyrrole nitrogens is 1. The number of Topliss-reactive ketones (excluding diaryl/α,β-unsaturated/α-hetero) is 1. The third-order valence-corrected chi connectivity index (χ3v) is 7.64. The highest BCUT2D eigenvalue weighted by atomic mass is 16.5. The van der Waals surface area contributed by atoms with Crippen molar-refractivity contribution >= 4 is 28.0 Å². The number of anilines is 1. The Kier molecular flexibility index (Phi) is 9.25. The summed E-state index contributed by atoms with van der Waals surface area (Å²) < 4.78 is 23.3. The number of nitrogens with two attached hydrogens (primary N) is 1. The second kappa shape index (κ2) is 13.2. The average molecular weight is 551 g/mol. The first-order chi connectivity index (χ1) is 19.6. The van der Waals surface area contributed by atoms with Gasteiger partial charge in [0.15, 0.2) is 5.82 Å². The summed E-state index contributed by atoms with van der Waals surface area (Å²) in [6.45, 7) is 2.78. The Hall–Kier alpha value is -3.54. The van der Waals surface area contributed by atoms with Gasteiger partial charge in [-0.1, -0.05) is 12.1 Å². The maximum atomic E-state index is 12.9. The normalized spacial score (nSPS) is 17.6. The molecule has 11 heteroatoms. The minimum Gasteiger partial charge on any atom is -0.495 e. The van der Waals surface area contributed by atoms with E-state index < -0.39 is 0 Å². The predicted octanol–water partition coefficient (Wildman–Crippen LogP) is 4.17. The van der Waals surface area contributed by atoms with Crippen molar-refractivity contribution in [3.8, 4) is 17.1 Å². The minimum absolute atomic E-state index is 0.0835. The van der Waals surface area contributed by atoms with Gasteiger partial charge in [-0.05, 0) is 44.2 Å². The number of carbonyl (C=O) groups is 1. The lowest BCUT2D eigenvalue weighted by Gasteiger charge is -2.26. The first-order valence-electron chi connectivity index (χ1n) is 13.9. The molecule has 0 aliphatic heterocycles. The molecule has 1 saturated carbocycles. The second-order valence-electron chi connectivity index (χ2n) is 10.2. The van der Waals surface area contributed by atoms with Gasteiger partial charge < -0.3 is 29.7 Å². The number of rotatable bonds is 14. The fourth-order valence-electron chi connectivity index (χ4n) is 5.55. The monoisotopic (exact) mass is 550 g/mol. The Morgan fingerprint density at radius 3 is 2.62 bits per heavy atom. The van der Waals surface area contributed by atoms with Crippen LogP contribution in [0.1, 0.15) is 50.3 Å². The molecule has 1 fully saturated rings. The van der Waals surface area contributed by atoms with Crippen LogP contribution >= 0.6 is 0 Å². The van der Waals surface area contributed by atoms with Gasteiger partial charge in [0.25, 0.3) is 0 Å². The molecule has 0 atom stereocenters. The summed E-state index contributed by atoms with van der Waals surface area (Å²) in [5.41, 5.74) is 9.47. The molecule has 11 nitrogen and oxygen atoms in total. The second-order valence-corrected chi connectivity index (χ2v) is 10.2. The number of hydrogen-bond donors (Lipinski definition) is 2. The number of hydrogen-bond acceptors (Lipinski definition) is 9. The standard InChI is InChI=1S/C29H38N6O5/c1-37-13-14-40-16-15-39-12-4-6-23(36)19-8-10-20(11-9-19)29-34-26(27-28(30)31-18-32-35(27)29)22-17-21-5-3-7-24(38-2)25(21)33-22/h3,5,7,17-20,33H,4,6,8-16H2,1-2H3,(H2,30,31,32). The van der Waals surface area contributed by atoms with Gasteiger partial charge in [0, 0.05) is 37.4 Å². The molecule has 3 heterocycles. The Morgan fingerprint density at radius 2 is 1.85 bits per heavy atom. The molecule has 40 heavy (non-hydrogen) atoms. The molecular weight excluding hydrogens is 512 g/mol. The van der Waals surface area contributed by atoms with E-state index in [4.69, 9.17) is 29.7 Å². The molecule has 3 N–H and O–H groups in total. The van der Waals surface area contributed by atoms with Crippen LogP contribution < -0.4 is 10.5 Å². The number of aromatic amines is 1. The third kappa shape index (κ3) is 6.11. The number of methoxy groups -OCH3 is 2. The number of ether oxygens (including phenoxy) is 4. The van der Waals surface area contributed by atoms with Gasteiger partial charge in [0.1, 0.15) is 34.9 Å². The van der Waals surface area contributed by atoms with E-state index in [0.29, 0.717) is 62.3 Å². The summed E-state index contributed by atoms with van der Waals surface area (Å²) in [4.78, 5) is 25.6. The quantitative estimate of drug-likeness (QED) is 0.222. The first kappa shape index (κ1) is 28.0. The maximum absolute atomic E-state index is 12.9. The summed E-state index contributed by atoms with van der Waals surface area (Å²) in [7, 11) is 3.30. The van der Waals surface area contributed by atoms with Crippen molar-refractivity contribution in [2.75, 3.05) is 53.0 Å². The van der Waals surface area contributed by atoms with Crippen molar-refractivity contribution in [2.45, 2.75) is 44.4 Å². The molecule has 3 aromatic heterocycles. The van der Waals surface area contributed by atoms with E-state index in [2.05, 4.69) is 15.1 Å². The summed E-state index contributed by atoms with van der Waals surface area (Å²) >= 11 is 0. The first-order valence-corrected chi connectivity index (χ1v) is 13.9. The van der Waals surface area contributed by atoms with Crippen molar-refractivity contribution in [3.05, 3.63) is 36.4 Å². The van der Waals surface area contributed by atoms with Crippen LogP contribution in [-0.2, 0) is 19.0 Å². The Bertz CT molecular complexity index is 1430. The molecule has 0 radical (unpaired) electrons. The largest absolute Gasteiger partial charge is 0.495 e. The Labute approximate surface area is 233 Å². The number of aromatic nitrogens is 5. The fourth-order valence-corrected chi connectivity index (χ4v) is 5.55. The highest BCUT2D eigenvalue weighted by Gasteiger charge is 2.31. The fraction of sp³-hybridized carbons (Fsp3) is 0.517. The van der Waals surface area contributed by atoms with Crippen molar-refractivity contribution < 1.29 is 23.7 Å². The summed E-state index contributed by atoms with van der Waals surface area (Å²) in [6.07, 6.45) is 6.16. The molecule has 1 aromatic carbocycles. The molecule has 0 saturated heterocycles. The van der Waals surface area contributed by atoms with Crippen molar-refractivity contribution in [1.29, 1.82) is 0 Å². The lowest BCUT2D eigenvalue weighted by atomic mass is 9.79. The number of nitrogen functional groups attached to an aromatic ring is 1. The van der Waals surface area contributed by atoms with Crippen LogP contribution in [0.3, 0.4) is 0 Å². The topological polar surface area (TPSA) is 139 Å². The van der Waals surface area contributed by atoms with Gasteiger partial charge in [-0.25, -0.2) is 14.5 Å². The molecular formula is C29H38N6O5. The average Bonchev–Trinajstić information content (AvgIpc) is 3.59. The van der Waals surface area contributed by atoms with Crippen LogP contribution in [0.25, 0.3) is 27.8 Å². The molecule has 0 bridgehead atoms. The van der Waals surface area contributed by atoms with Gasteiger partial charge in [-0.2, -0.15) is 5.10 Å². The molecule has 1 aliphatic carbocycles. The van der Waals surface area contributed by atoms with E-state index in [9.17, 15) is 4.79 Å². The number of benzene rings is 1. The molecule has 0 amide bonds. The molecule has 5 rings (SSSR count). The third-order valence-electron chi connectivity index (χ3n) is 7.64. The lowest BCUT2D eigenvalue weighted by Crippen LogP contribution is -2.22. The predicted molar refractivity (Wildman–Crippen MR) is 151 cm³/mol. The van der Waals surface area contributed by atoms with Crippen molar-refractivity contribution in [2.24, 2.45) is 5.92 Å². The molecule has 0 unspecified atom stereocenters. The highest BCUT2D eigenvalue weighted by Crippen LogP contribution is 2.39. The zero-order chi connectivity index (χ0) is 27.9. The number of ketones is 1. The number of nitrogens with one attached hydrogen (secondary N) is 1. The van der Waals surface area contributed by atoms with Gasteiger partial charge in [-0.15, -0.1) is 0 Å². The number of para-hydroxylation sites is 1. The highest BCUT2D eigenvalue weighted by molar-refractivity contribution is 5.93. The molecule has 0 spiro atoms. The summed E-state index contributed by atoms with van der Waals surface area (Å²) in [5.74, 6) is 2.59. The summed E-state index contributed by atoms with van der Waals surface area (Å²) in [6, 6.07) is 7.95. The van der Waals surface area contributed by atoms with Crippen LogP contribution in [0.5, 0.6) is 5.75 Å². The van der Waals surface area contributed by atoms with E-state index in [0.717, 1.165) is 60.3 Å². The van der Waals surface area contributed by atoms with Crippen LogP contribution in [0, 0.1) is 5.92 Å². The zero-order valence-electron chi connectivity index (χ0n) is 23.2. The van der Waals surface area contributed by atoms with E-state index >= 15 is 0 Å². The number of fused-ring (bicyclic) bond motifs is 2. The van der Waals surface area contributed by atoms with Gasteiger partial charge in [0.2, 0.25) is 0 Å². The maximum Gasteiger partial charge on any atom is 0.153 e. The molecule has 1 aliphatic rings. The molecule has 214 valence electrons. The van der Waals surface area contributed by atoms with E-state index in [-0.39, 0.29) is 11.8 Å². The number of imidazole rings is 1. The SMILES string of the molecule is COCCOCCOCCCC(=O)C1CCC(c2nc(-c3cc4cccc(OC)c4[nH]3)c3c(N)ncnn23)CC1. The van der Waals surface area contributed by atoms with Crippen molar-refractivity contribution in [1.82, 2.24) is 24.6 Å². The van der Waals surface area contributed by atoms with Crippen molar-refractivity contribution in [3.63, 3.8) is 0 Å².